The van der Waals surface area contributed by atoms with E-state index in [1.807, 2.05) is 0 Å². The fourth-order valence-electron chi connectivity index (χ4n) is 4.41. The average Bonchev–Trinajstić information content (AvgIpc) is 2.77. The lowest BCUT2D eigenvalue weighted by molar-refractivity contribution is 0.190. The minimum absolute atomic E-state index is 0.718. The van der Waals surface area contributed by atoms with Gasteiger partial charge in [0.1, 0.15) is 0 Å². The number of hydrogen-bond donors (Lipinski definition) is 0. The van der Waals surface area contributed by atoms with Gasteiger partial charge in [0, 0.05) is 0 Å². The third kappa shape index (κ3) is 4.28. The van der Waals surface area contributed by atoms with Crippen LogP contribution in [0.2, 0.25) is 0 Å². The molecule has 0 amide bonds. The van der Waals surface area contributed by atoms with Crippen LogP contribution in [0, 0.1) is 10.8 Å². The molecule has 0 aliphatic heterocycles. The molecule has 0 spiro atoms. The Morgan fingerprint density at radius 1 is 0.556 bits per heavy atom. The lowest BCUT2D eigenvalue weighted by Gasteiger charge is -2.33. The lowest BCUT2D eigenvalue weighted by Crippen LogP contribution is -2.19. The molecule has 0 aromatic heterocycles. The maximum absolute atomic E-state index is 2.55. The Balaban J connectivity index is 1.55. The molecule has 0 saturated heterocycles. The highest BCUT2D eigenvalue weighted by atomic mass is 14.3. The van der Waals surface area contributed by atoms with E-state index in [9.17, 15) is 0 Å². The van der Waals surface area contributed by atoms with Crippen LogP contribution in [0.1, 0.15) is 104 Å². The highest BCUT2D eigenvalue weighted by Gasteiger charge is 2.28. The molecule has 0 heterocycles. The second kappa shape index (κ2) is 6.44. The molecule has 2 rings (SSSR count). The summed E-state index contributed by atoms with van der Waals surface area (Å²) in [6.45, 7) is 5.08. The van der Waals surface area contributed by atoms with Gasteiger partial charge in [-0.2, -0.15) is 0 Å². The van der Waals surface area contributed by atoms with Gasteiger partial charge < -0.3 is 0 Å². The standard InChI is InChI=1S/C18H34/c1-17(11-5-3-6-12-17)13-7-4-8-14-18(2)15-9-10-16-18/h3-16H2,1-2H3. The van der Waals surface area contributed by atoms with Gasteiger partial charge >= 0.3 is 0 Å². The molecular formula is C18H34. The molecule has 18 heavy (non-hydrogen) atoms. The zero-order valence-electron chi connectivity index (χ0n) is 12.9. The predicted molar refractivity (Wildman–Crippen MR) is 80.9 cm³/mol. The van der Waals surface area contributed by atoms with Crippen LogP contribution in [0.5, 0.6) is 0 Å². The van der Waals surface area contributed by atoms with Crippen molar-refractivity contribution in [1.82, 2.24) is 0 Å². The SMILES string of the molecule is CC1(CCCCCC2(C)CCCC2)CCCCC1. The summed E-state index contributed by atoms with van der Waals surface area (Å²) in [4.78, 5) is 0. The molecule has 0 unspecified atom stereocenters. The quantitative estimate of drug-likeness (QED) is 0.473. The van der Waals surface area contributed by atoms with Crippen LogP contribution >= 0.6 is 0 Å². The Kier molecular flexibility index (Phi) is 5.15. The van der Waals surface area contributed by atoms with E-state index in [4.69, 9.17) is 0 Å². The fraction of sp³-hybridized carbons (Fsp3) is 1.00. The second-order valence-corrected chi connectivity index (χ2v) is 7.95. The van der Waals surface area contributed by atoms with Gasteiger partial charge in [0.2, 0.25) is 0 Å². The van der Waals surface area contributed by atoms with E-state index in [1.54, 1.807) is 0 Å². The van der Waals surface area contributed by atoms with Crippen molar-refractivity contribution in [3.05, 3.63) is 0 Å². The average molecular weight is 250 g/mol. The van der Waals surface area contributed by atoms with Gasteiger partial charge in [-0.25, -0.2) is 0 Å². The van der Waals surface area contributed by atoms with E-state index in [2.05, 4.69) is 13.8 Å². The van der Waals surface area contributed by atoms with Gasteiger partial charge in [0.25, 0.3) is 0 Å². The molecule has 106 valence electrons. The van der Waals surface area contributed by atoms with Crippen molar-refractivity contribution in [1.29, 1.82) is 0 Å². The van der Waals surface area contributed by atoms with Gasteiger partial charge in [-0.3, -0.25) is 0 Å². The smallest absolute Gasteiger partial charge is 0.0326 e. The summed E-state index contributed by atoms with van der Waals surface area (Å²) in [5.74, 6) is 0. The fourth-order valence-corrected chi connectivity index (χ4v) is 4.41. The topological polar surface area (TPSA) is 0 Å². The van der Waals surface area contributed by atoms with Crippen LogP contribution in [-0.4, -0.2) is 0 Å². The zero-order valence-corrected chi connectivity index (χ0v) is 12.9. The van der Waals surface area contributed by atoms with Crippen LogP contribution in [0.15, 0.2) is 0 Å². The van der Waals surface area contributed by atoms with Crippen LogP contribution in [0.3, 0.4) is 0 Å². The lowest BCUT2D eigenvalue weighted by atomic mass is 9.72. The van der Waals surface area contributed by atoms with Crippen LogP contribution in [0.25, 0.3) is 0 Å². The van der Waals surface area contributed by atoms with Crippen molar-refractivity contribution in [2.75, 3.05) is 0 Å². The third-order valence-corrected chi connectivity index (χ3v) is 5.93. The minimum atomic E-state index is 0.718. The summed E-state index contributed by atoms with van der Waals surface area (Å²) in [6.07, 6.45) is 21.0. The van der Waals surface area contributed by atoms with Crippen molar-refractivity contribution in [3.8, 4) is 0 Å². The molecular weight excluding hydrogens is 216 g/mol. The van der Waals surface area contributed by atoms with E-state index < -0.39 is 0 Å². The largest absolute Gasteiger partial charge is 0.0596 e. The van der Waals surface area contributed by atoms with E-state index in [1.165, 1.54) is 89.9 Å². The van der Waals surface area contributed by atoms with E-state index >= 15 is 0 Å². The molecule has 0 aromatic rings. The maximum atomic E-state index is 2.55. The van der Waals surface area contributed by atoms with E-state index in [0.29, 0.717) is 0 Å². The van der Waals surface area contributed by atoms with Crippen molar-refractivity contribution in [2.45, 2.75) is 104 Å². The molecule has 0 atom stereocenters. The number of rotatable bonds is 6. The summed E-state index contributed by atoms with van der Waals surface area (Å²) < 4.78 is 0. The summed E-state index contributed by atoms with van der Waals surface area (Å²) in [6, 6.07) is 0. The highest BCUT2D eigenvalue weighted by Crippen LogP contribution is 2.43. The minimum Gasteiger partial charge on any atom is -0.0596 e. The maximum Gasteiger partial charge on any atom is -0.0326 e. The van der Waals surface area contributed by atoms with Crippen LogP contribution in [-0.2, 0) is 0 Å². The Labute approximate surface area is 115 Å². The molecule has 2 aliphatic rings. The Morgan fingerprint density at radius 3 is 1.39 bits per heavy atom. The van der Waals surface area contributed by atoms with E-state index in [0.717, 1.165) is 10.8 Å². The summed E-state index contributed by atoms with van der Waals surface area (Å²) in [7, 11) is 0. The number of hydrogen-bond acceptors (Lipinski definition) is 0. The Bertz CT molecular complexity index is 228. The molecule has 0 bridgehead atoms. The summed E-state index contributed by atoms with van der Waals surface area (Å²) in [5, 5.41) is 0. The molecule has 2 aliphatic carbocycles. The monoisotopic (exact) mass is 250 g/mol. The van der Waals surface area contributed by atoms with Crippen molar-refractivity contribution in [2.24, 2.45) is 10.8 Å². The van der Waals surface area contributed by atoms with Gasteiger partial charge in [-0.1, -0.05) is 65.2 Å². The van der Waals surface area contributed by atoms with Crippen molar-refractivity contribution < 1.29 is 0 Å². The first-order valence-corrected chi connectivity index (χ1v) is 8.62. The Hall–Kier alpha value is 0. The van der Waals surface area contributed by atoms with Gasteiger partial charge in [-0.05, 0) is 49.4 Å². The summed E-state index contributed by atoms with van der Waals surface area (Å²) >= 11 is 0. The zero-order chi connectivity index (χ0) is 12.9. The predicted octanol–water partition coefficient (Wildman–Crippen LogP) is 6.49. The first kappa shape index (κ1) is 14.4. The third-order valence-electron chi connectivity index (χ3n) is 5.93. The van der Waals surface area contributed by atoms with Gasteiger partial charge in [0.15, 0.2) is 0 Å². The highest BCUT2D eigenvalue weighted by molar-refractivity contribution is 4.81. The first-order chi connectivity index (χ1) is 8.62. The first-order valence-electron chi connectivity index (χ1n) is 8.62. The number of unbranched alkanes of at least 4 members (excludes halogenated alkanes) is 2. The van der Waals surface area contributed by atoms with E-state index in [-0.39, 0.29) is 0 Å². The molecule has 0 aromatic carbocycles. The molecule has 0 nitrogen and oxygen atoms in total. The Morgan fingerprint density at radius 2 is 0.944 bits per heavy atom. The molecule has 2 fully saturated rings. The van der Waals surface area contributed by atoms with Crippen LogP contribution in [0.4, 0.5) is 0 Å². The second-order valence-electron chi connectivity index (χ2n) is 7.95. The van der Waals surface area contributed by atoms with Gasteiger partial charge in [-0.15, -0.1) is 0 Å². The van der Waals surface area contributed by atoms with Crippen molar-refractivity contribution in [3.63, 3.8) is 0 Å². The van der Waals surface area contributed by atoms with Gasteiger partial charge in [0.05, 0.1) is 0 Å². The molecule has 0 heteroatoms. The summed E-state index contributed by atoms with van der Waals surface area (Å²) in [5.41, 5.74) is 1.45. The van der Waals surface area contributed by atoms with Crippen molar-refractivity contribution >= 4 is 0 Å². The molecule has 0 radical (unpaired) electrons. The molecule has 0 N–H and O–H groups in total. The molecule has 2 saturated carbocycles. The normalized spacial score (nSPS) is 26.3. The van der Waals surface area contributed by atoms with Crippen LogP contribution < -0.4 is 0 Å².